The van der Waals surface area contributed by atoms with Crippen LogP contribution in [-0.2, 0) is 66.4 Å². The van der Waals surface area contributed by atoms with Crippen LogP contribution in [-0.4, -0.2) is 193 Å². The molecule has 24 atom stereocenters. The van der Waals surface area contributed by atoms with Crippen molar-refractivity contribution in [2.45, 2.75) is 247 Å². The Kier molecular flexibility index (Phi) is 16.9. The minimum absolute atomic E-state index is 0.0562. The number of esters is 1. The fraction of sp³-hybridized carbons (Fsp3) is 0.836. The van der Waals surface area contributed by atoms with E-state index < -0.39 is 144 Å². The molecule has 0 spiro atoms. The summed E-state index contributed by atoms with van der Waals surface area (Å²) in [6.07, 6.45) is -1.30. The molecule has 7 fully saturated rings. The number of aliphatic hydroxyl groups excluding tert-OH is 1. The highest BCUT2D eigenvalue weighted by atomic mass is 16.8. The number of carbonyl (C=O) groups is 2. The third kappa shape index (κ3) is 10.0. The molecule has 0 radical (unpaired) electrons. The molecule has 20 nitrogen and oxygen atoms in total. The van der Waals surface area contributed by atoms with Crippen molar-refractivity contribution < 1.29 is 91.6 Å². The predicted molar refractivity (Wildman–Crippen MR) is 264 cm³/mol. The summed E-state index contributed by atoms with van der Waals surface area (Å²) in [6.45, 7) is 12.5. The average Bonchev–Trinajstić information content (AvgIpc) is 3.68. The fourth-order valence-electron chi connectivity index (χ4n) is 14.8. The SMILES string of the molecule is CO[C@H]1C[C@H](O[C@@H]2[C@@H](C)O[C@@H](O[C@H]3[C@@H](OC)C[C@H](O[C@H]4[C@@H](OC)C[C@H](O[C@H]5CC[C@@]6(C)C(=CC[C@]7(O)[C@@H]6C[C@@H](OC(=O)c6cccnc6)[C@@]6(C)[C@]7(O)CC[C@@]6(O)C(C)=O)C5)O[C@@H]4C)O[C@@H]3C)C[C@H]2OC)O[C@@H](C)[C@@H]1O. The molecule has 20 heteroatoms. The molecule has 8 aliphatic rings. The van der Waals surface area contributed by atoms with Crippen LogP contribution in [0, 0.1) is 16.7 Å². The molecule has 4 aliphatic carbocycles. The summed E-state index contributed by atoms with van der Waals surface area (Å²) in [6, 6.07) is 3.19. The van der Waals surface area contributed by atoms with Crippen LogP contribution in [0.1, 0.15) is 129 Å². The number of aliphatic hydroxyl groups is 4. The monoisotopic (exact) mass is 1060 g/mol. The van der Waals surface area contributed by atoms with E-state index in [0.29, 0.717) is 44.9 Å². The Morgan fingerprint density at radius 1 is 0.680 bits per heavy atom. The minimum Gasteiger partial charge on any atom is -0.458 e. The molecule has 5 heterocycles. The number of pyridine rings is 1. The Labute approximate surface area is 440 Å². The molecule has 0 unspecified atom stereocenters. The molecule has 0 amide bonds. The van der Waals surface area contributed by atoms with Gasteiger partial charge in [0, 0.05) is 72.4 Å². The number of ketones is 1. The van der Waals surface area contributed by atoms with Gasteiger partial charge >= 0.3 is 5.97 Å². The second kappa shape index (κ2) is 22.1. The molecule has 4 saturated heterocycles. The molecule has 422 valence electrons. The molecule has 4 aliphatic heterocycles. The molecule has 4 N–H and O–H groups in total. The van der Waals surface area contributed by atoms with Gasteiger partial charge < -0.3 is 82.0 Å². The molecule has 9 rings (SSSR count). The van der Waals surface area contributed by atoms with Gasteiger partial charge in [-0.15, -0.1) is 0 Å². The summed E-state index contributed by atoms with van der Waals surface area (Å²) in [5.74, 6) is -1.84. The maximum Gasteiger partial charge on any atom is 0.339 e. The van der Waals surface area contributed by atoms with Crippen molar-refractivity contribution in [3.63, 3.8) is 0 Å². The number of hydrogen-bond acceptors (Lipinski definition) is 20. The predicted octanol–water partition coefficient (Wildman–Crippen LogP) is 4.23. The number of hydrogen-bond donors (Lipinski definition) is 4. The second-order valence-electron chi connectivity index (χ2n) is 23.1. The van der Waals surface area contributed by atoms with Crippen molar-refractivity contribution >= 4 is 11.8 Å². The van der Waals surface area contributed by atoms with E-state index in [1.54, 1.807) is 60.6 Å². The highest BCUT2D eigenvalue weighted by molar-refractivity contribution is 5.90. The van der Waals surface area contributed by atoms with Gasteiger partial charge in [-0.3, -0.25) is 9.78 Å². The zero-order valence-electron chi connectivity index (χ0n) is 45.5. The first-order valence-electron chi connectivity index (χ1n) is 27.1. The van der Waals surface area contributed by atoms with Gasteiger partial charge in [0.1, 0.15) is 47.3 Å². The van der Waals surface area contributed by atoms with Gasteiger partial charge in [0.05, 0.1) is 65.9 Å². The van der Waals surface area contributed by atoms with Gasteiger partial charge in [-0.25, -0.2) is 4.79 Å². The van der Waals surface area contributed by atoms with Gasteiger partial charge in [-0.1, -0.05) is 18.6 Å². The van der Waals surface area contributed by atoms with Gasteiger partial charge in [0.2, 0.25) is 0 Å². The lowest BCUT2D eigenvalue weighted by atomic mass is 9.42. The van der Waals surface area contributed by atoms with E-state index >= 15 is 0 Å². The lowest BCUT2D eigenvalue weighted by Gasteiger charge is -2.67. The quantitative estimate of drug-likeness (QED) is 0.142. The summed E-state index contributed by atoms with van der Waals surface area (Å²) in [7, 11) is 6.48. The van der Waals surface area contributed by atoms with Crippen molar-refractivity contribution in [3.8, 4) is 0 Å². The maximum absolute atomic E-state index is 13.7. The normalized spacial score (nSPS) is 48.9. The van der Waals surface area contributed by atoms with Crippen LogP contribution in [0.3, 0.4) is 0 Å². The minimum atomic E-state index is -2.05. The third-order valence-corrected chi connectivity index (χ3v) is 19.3. The molecular weight excluding hydrogens is 979 g/mol. The fourth-order valence-corrected chi connectivity index (χ4v) is 14.8. The number of fused-ring (bicyclic) bond motifs is 5. The summed E-state index contributed by atoms with van der Waals surface area (Å²) >= 11 is 0. The molecule has 1 aromatic heterocycles. The number of nitrogens with zero attached hydrogens (tertiary/aromatic N) is 1. The van der Waals surface area contributed by atoms with E-state index in [0.717, 1.165) is 5.57 Å². The van der Waals surface area contributed by atoms with E-state index in [1.165, 1.54) is 13.1 Å². The lowest BCUT2D eigenvalue weighted by Crippen LogP contribution is -2.78. The van der Waals surface area contributed by atoms with Gasteiger partial charge in [0.15, 0.2) is 30.9 Å². The first-order valence-corrected chi connectivity index (χ1v) is 27.1. The summed E-state index contributed by atoms with van der Waals surface area (Å²) in [4.78, 5) is 31.1. The zero-order chi connectivity index (χ0) is 54.0. The van der Waals surface area contributed by atoms with Crippen LogP contribution in [0.4, 0.5) is 0 Å². The maximum atomic E-state index is 13.7. The molecule has 0 aromatic carbocycles. The summed E-state index contributed by atoms with van der Waals surface area (Å²) < 4.78 is 81.5. The number of aromatic nitrogens is 1. The van der Waals surface area contributed by atoms with Crippen LogP contribution >= 0.6 is 0 Å². The van der Waals surface area contributed by atoms with Crippen molar-refractivity contribution in [2.75, 3.05) is 28.4 Å². The topological polar surface area (TPSA) is 248 Å². The largest absolute Gasteiger partial charge is 0.458 e. The van der Waals surface area contributed by atoms with Crippen LogP contribution in [0.2, 0.25) is 0 Å². The summed E-state index contributed by atoms with van der Waals surface area (Å²) in [5, 5.41) is 48.5. The third-order valence-electron chi connectivity index (χ3n) is 19.3. The van der Waals surface area contributed by atoms with Gasteiger partial charge in [-0.05, 0) is 104 Å². The highest BCUT2D eigenvalue weighted by Gasteiger charge is 2.81. The Morgan fingerprint density at radius 3 is 1.68 bits per heavy atom. The lowest BCUT2D eigenvalue weighted by molar-refractivity contribution is -0.347. The Bertz CT molecular complexity index is 2190. The van der Waals surface area contributed by atoms with Crippen molar-refractivity contribution in [2.24, 2.45) is 16.7 Å². The highest BCUT2D eigenvalue weighted by Crippen LogP contribution is 2.71. The van der Waals surface area contributed by atoms with Crippen LogP contribution in [0.15, 0.2) is 36.2 Å². The van der Waals surface area contributed by atoms with Gasteiger partial charge in [-0.2, -0.15) is 0 Å². The molecule has 75 heavy (non-hydrogen) atoms. The molecule has 3 saturated carbocycles. The summed E-state index contributed by atoms with van der Waals surface area (Å²) in [5.41, 5.74) is -6.88. The number of ether oxygens (including phenoxy) is 13. The number of rotatable bonds is 15. The smallest absolute Gasteiger partial charge is 0.339 e. The standard InChI is InChI=1S/C55H83NO19/c1-28-46(58)36(63-8)22-43(67-28)73-48-30(3)69-45(24-38(48)65-10)75-49-31(4)70-44(25-39(49)66-11)74-47-29(2)68-42(23-37(47)64-9)71-35-15-16-51(6)34(21-35)14-17-54(61)40(51)26-41(72-50(59)33-13-12-20-56-27-33)52(7)53(60,32(5)57)18-19-55(52,54)62/h12-14,20,27-31,35-49,58,60-62H,15-19,21-26H2,1-11H3/t28-,29+,30+,31+,35-,36-,37-,38+,39-,40+,41+,42-,43-,44-,45-,46-,47+,48+,49+,51-,52+,53+,54-,55+/m0/s1. The molecule has 1 aromatic rings. The first-order chi connectivity index (χ1) is 35.6. The van der Waals surface area contributed by atoms with E-state index in [2.05, 4.69) is 11.9 Å². The second-order valence-corrected chi connectivity index (χ2v) is 23.1. The van der Waals surface area contributed by atoms with Crippen LogP contribution in [0.5, 0.6) is 0 Å². The van der Waals surface area contributed by atoms with Gasteiger partial charge in [0.25, 0.3) is 0 Å². The van der Waals surface area contributed by atoms with E-state index in [4.69, 9.17) is 61.6 Å². The molecular formula is C55H83NO19. The van der Waals surface area contributed by atoms with E-state index in [1.807, 2.05) is 26.8 Å². The zero-order valence-corrected chi connectivity index (χ0v) is 45.5. The number of Topliss-reactive ketones (excluding diaryl/α,β-unsaturated/α-hetero) is 1. The Morgan fingerprint density at radius 2 is 1.19 bits per heavy atom. The first kappa shape index (κ1) is 57.1. The van der Waals surface area contributed by atoms with Crippen LogP contribution in [0.25, 0.3) is 0 Å². The number of carbonyl (C=O) groups excluding carboxylic acids is 2. The van der Waals surface area contributed by atoms with E-state index in [-0.39, 0.29) is 43.5 Å². The number of methoxy groups -OCH3 is 4. The van der Waals surface area contributed by atoms with E-state index in [9.17, 15) is 30.0 Å². The van der Waals surface area contributed by atoms with Crippen molar-refractivity contribution in [1.82, 2.24) is 4.98 Å². The van der Waals surface area contributed by atoms with Crippen LogP contribution < -0.4 is 0 Å². The van der Waals surface area contributed by atoms with Crippen molar-refractivity contribution in [3.05, 3.63) is 41.7 Å². The average molecular weight is 1060 g/mol. The molecule has 0 bridgehead atoms. The van der Waals surface area contributed by atoms with Crippen molar-refractivity contribution in [1.29, 1.82) is 0 Å². The Balaban J connectivity index is 0.810. The Hall–Kier alpha value is -2.61.